The third-order valence-corrected chi connectivity index (χ3v) is 3.45. The summed E-state index contributed by atoms with van der Waals surface area (Å²) in [5.41, 5.74) is 0.905. The van der Waals surface area contributed by atoms with E-state index in [0.29, 0.717) is 24.3 Å². The first-order valence-corrected chi connectivity index (χ1v) is 6.84. The number of morpholine rings is 1. The van der Waals surface area contributed by atoms with E-state index in [9.17, 15) is 14.9 Å². The molecule has 1 aliphatic heterocycles. The number of carbonyl (C=O) groups excluding carboxylic acids is 1. The second kappa shape index (κ2) is 6.09. The maximum absolute atomic E-state index is 12.3. The fourth-order valence-electron chi connectivity index (χ4n) is 2.49. The normalized spacial score (nSPS) is 22.0. The van der Waals surface area contributed by atoms with Crippen LogP contribution in [-0.2, 0) is 4.74 Å². The topological polar surface area (TPSA) is 84.7 Å². The van der Waals surface area contributed by atoms with Crippen LogP contribution in [0.15, 0.2) is 18.2 Å². The van der Waals surface area contributed by atoms with E-state index in [-0.39, 0.29) is 23.9 Å². The Morgan fingerprint density at radius 1 is 1.38 bits per heavy atom. The average molecular weight is 293 g/mol. The molecule has 2 amide bonds. The van der Waals surface area contributed by atoms with Crippen LogP contribution in [0, 0.1) is 17.0 Å². The molecule has 1 saturated heterocycles. The van der Waals surface area contributed by atoms with Gasteiger partial charge >= 0.3 is 6.03 Å². The van der Waals surface area contributed by atoms with Crippen molar-refractivity contribution < 1.29 is 14.5 Å². The molecular weight excluding hydrogens is 274 g/mol. The third kappa shape index (κ3) is 3.49. The van der Waals surface area contributed by atoms with Crippen molar-refractivity contribution >= 4 is 17.4 Å². The van der Waals surface area contributed by atoms with Crippen LogP contribution in [0.2, 0.25) is 0 Å². The molecule has 21 heavy (non-hydrogen) atoms. The molecule has 2 atom stereocenters. The van der Waals surface area contributed by atoms with Gasteiger partial charge in [-0.25, -0.2) is 4.79 Å². The van der Waals surface area contributed by atoms with E-state index >= 15 is 0 Å². The number of hydrogen-bond donors (Lipinski definition) is 1. The number of nitrogens with zero attached hydrogens (tertiary/aromatic N) is 2. The van der Waals surface area contributed by atoms with Gasteiger partial charge in [-0.2, -0.15) is 0 Å². The molecule has 0 spiro atoms. The summed E-state index contributed by atoms with van der Waals surface area (Å²) >= 11 is 0. The molecule has 0 aromatic heterocycles. The van der Waals surface area contributed by atoms with Gasteiger partial charge in [-0.1, -0.05) is 6.07 Å². The molecule has 0 bridgehead atoms. The summed E-state index contributed by atoms with van der Waals surface area (Å²) in [4.78, 5) is 24.4. The van der Waals surface area contributed by atoms with Crippen molar-refractivity contribution in [2.45, 2.75) is 33.0 Å². The van der Waals surface area contributed by atoms with Crippen LogP contribution in [0.4, 0.5) is 16.2 Å². The lowest BCUT2D eigenvalue weighted by molar-refractivity contribution is -0.385. The van der Waals surface area contributed by atoms with E-state index in [0.717, 1.165) is 0 Å². The van der Waals surface area contributed by atoms with E-state index in [1.165, 1.54) is 6.07 Å². The van der Waals surface area contributed by atoms with E-state index in [2.05, 4.69) is 5.32 Å². The highest BCUT2D eigenvalue weighted by atomic mass is 16.6. The Morgan fingerprint density at radius 3 is 2.57 bits per heavy atom. The number of hydrogen-bond acceptors (Lipinski definition) is 4. The Labute approximate surface area is 123 Å². The average Bonchev–Trinajstić information content (AvgIpc) is 2.39. The number of urea groups is 1. The number of anilines is 1. The van der Waals surface area contributed by atoms with Gasteiger partial charge in [0.25, 0.3) is 5.69 Å². The Kier molecular flexibility index (Phi) is 4.42. The number of nitrogens with one attached hydrogen (secondary N) is 1. The molecule has 1 N–H and O–H groups in total. The van der Waals surface area contributed by atoms with Crippen LogP contribution < -0.4 is 5.32 Å². The fourth-order valence-corrected chi connectivity index (χ4v) is 2.49. The predicted octanol–water partition coefficient (Wildman–Crippen LogP) is 2.54. The standard InChI is InChI=1S/C14H19N3O4/c1-9-7-16(8-10(2)21-9)14(18)15-12-5-4-6-13(11(12)3)17(19)20/h4-6,9-10H,7-8H2,1-3H3,(H,15,18)/t9-,10-/m0/s1. The van der Waals surface area contributed by atoms with E-state index < -0.39 is 4.92 Å². The smallest absolute Gasteiger partial charge is 0.322 e. The Morgan fingerprint density at radius 2 is 2.00 bits per heavy atom. The molecular formula is C14H19N3O4. The first-order valence-electron chi connectivity index (χ1n) is 6.84. The number of nitro benzene ring substituents is 1. The maximum atomic E-state index is 12.3. The zero-order chi connectivity index (χ0) is 15.6. The lowest BCUT2D eigenvalue weighted by Crippen LogP contribution is -2.49. The number of rotatable bonds is 2. The molecule has 2 rings (SSSR count). The van der Waals surface area contributed by atoms with Gasteiger partial charge in [0.2, 0.25) is 0 Å². The Balaban J connectivity index is 2.13. The second-order valence-corrected chi connectivity index (χ2v) is 5.30. The molecule has 1 aromatic rings. The highest BCUT2D eigenvalue weighted by Gasteiger charge is 2.26. The Hall–Kier alpha value is -2.15. The van der Waals surface area contributed by atoms with Crippen LogP contribution in [-0.4, -0.2) is 41.2 Å². The SMILES string of the molecule is Cc1c(NC(=O)N2C[C@H](C)O[C@@H](C)C2)cccc1[N+](=O)[O-]. The monoisotopic (exact) mass is 293 g/mol. The molecule has 0 radical (unpaired) electrons. The first-order chi connectivity index (χ1) is 9.88. The molecule has 0 saturated carbocycles. The van der Waals surface area contributed by atoms with Gasteiger partial charge in [0, 0.05) is 19.2 Å². The molecule has 7 heteroatoms. The van der Waals surface area contributed by atoms with E-state index in [4.69, 9.17) is 4.74 Å². The first kappa shape index (κ1) is 15.2. The van der Waals surface area contributed by atoms with Crippen LogP contribution in [0.3, 0.4) is 0 Å². The summed E-state index contributed by atoms with van der Waals surface area (Å²) in [5, 5.41) is 13.7. The highest BCUT2D eigenvalue weighted by molar-refractivity contribution is 5.90. The highest BCUT2D eigenvalue weighted by Crippen LogP contribution is 2.25. The van der Waals surface area contributed by atoms with Gasteiger partial charge in [-0.3, -0.25) is 10.1 Å². The summed E-state index contributed by atoms with van der Waals surface area (Å²) in [7, 11) is 0. The molecule has 0 aliphatic carbocycles. The van der Waals surface area contributed by atoms with Crippen LogP contribution in [0.1, 0.15) is 19.4 Å². The molecule has 1 aliphatic rings. The molecule has 7 nitrogen and oxygen atoms in total. The van der Waals surface area contributed by atoms with E-state index in [1.807, 2.05) is 13.8 Å². The van der Waals surface area contributed by atoms with Gasteiger partial charge in [-0.05, 0) is 26.8 Å². The molecule has 0 unspecified atom stereocenters. The van der Waals surface area contributed by atoms with Crippen LogP contribution in [0.5, 0.6) is 0 Å². The van der Waals surface area contributed by atoms with Gasteiger partial charge < -0.3 is 15.0 Å². The summed E-state index contributed by atoms with van der Waals surface area (Å²) in [6, 6.07) is 4.38. The van der Waals surface area contributed by atoms with Crippen molar-refractivity contribution in [3.8, 4) is 0 Å². The molecule has 1 heterocycles. The maximum Gasteiger partial charge on any atom is 0.322 e. The zero-order valence-electron chi connectivity index (χ0n) is 12.3. The van der Waals surface area contributed by atoms with Crippen LogP contribution in [0.25, 0.3) is 0 Å². The Bertz CT molecular complexity index is 551. The fraction of sp³-hybridized carbons (Fsp3) is 0.500. The number of amides is 2. The van der Waals surface area contributed by atoms with Crippen molar-refractivity contribution in [2.75, 3.05) is 18.4 Å². The molecule has 1 fully saturated rings. The van der Waals surface area contributed by atoms with Gasteiger partial charge in [0.15, 0.2) is 0 Å². The third-order valence-electron chi connectivity index (χ3n) is 3.45. The van der Waals surface area contributed by atoms with Crippen molar-refractivity contribution in [1.82, 2.24) is 4.90 Å². The minimum Gasteiger partial charge on any atom is -0.372 e. The number of carbonyl (C=O) groups is 1. The quantitative estimate of drug-likeness (QED) is 0.670. The second-order valence-electron chi connectivity index (χ2n) is 5.30. The van der Waals surface area contributed by atoms with Crippen molar-refractivity contribution in [3.05, 3.63) is 33.9 Å². The summed E-state index contributed by atoms with van der Waals surface area (Å²) in [6.07, 6.45) is -0.0450. The number of benzene rings is 1. The minimum absolute atomic E-state index is 0.00323. The summed E-state index contributed by atoms with van der Waals surface area (Å²) in [6.45, 7) is 6.45. The lowest BCUT2D eigenvalue weighted by Gasteiger charge is -2.35. The van der Waals surface area contributed by atoms with Crippen molar-refractivity contribution in [1.29, 1.82) is 0 Å². The van der Waals surface area contributed by atoms with Gasteiger partial charge in [0.05, 0.1) is 28.4 Å². The number of ether oxygens (including phenoxy) is 1. The number of nitro groups is 1. The molecule has 114 valence electrons. The zero-order valence-corrected chi connectivity index (χ0v) is 12.3. The molecule has 1 aromatic carbocycles. The summed E-state index contributed by atoms with van der Waals surface area (Å²) in [5.74, 6) is 0. The van der Waals surface area contributed by atoms with Crippen molar-refractivity contribution in [3.63, 3.8) is 0 Å². The van der Waals surface area contributed by atoms with E-state index in [1.54, 1.807) is 24.0 Å². The van der Waals surface area contributed by atoms with Gasteiger partial charge in [-0.15, -0.1) is 0 Å². The van der Waals surface area contributed by atoms with Crippen LogP contribution >= 0.6 is 0 Å². The predicted molar refractivity (Wildman–Crippen MR) is 78.4 cm³/mol. The van der Waals surface area contributed by atoms with Crippen molar-refractivity contribution in [2.24, 2.45) is 0 Å². The van der Waals surface area contributed by atoms with Gasteiger partial charge in [0.1, 0.15) is 0 Å². The minimum atomic E-state index is -0.454. The largest absolute Gasteiger partial charge is 0.372 e. The lowest BCUT2D eigenvalue weighted by atomic mass is 10.1. The summed E-state index contributed by atoms with van der Waals surface area (Å²) < 4.78 is 5.58.